The molecule has 0 bridgehead atoms. The van der Waals surface area contributed by atoms with E-state index in [1.54, 1.807) is 0 Å². The quantitative estimate of drug-likeness (QED) is 0.468. The average molecular weight is 426 g/mol. The topological polar surface area (TPSA) is 6.25 Å². The van der Waals surface area contributed by atoms with Crippen LogP contribution >= 0.6 is 11.8 Å². The molecule has 2 nitrogen and oxygen atoms in total. The van der Waals surface area contributed by atoms with Crippen LogP contribution in [0.2, 0.25) is 0 Å². The van der Waals surface area contributed by atoms with Gasteiger partial charge in [-0.2, -0.15) is 0 Å². The highest BCUT2D eigenvalue weighted by Gasteiger charge is 2.41. The number of benzene rings is 1. The highest BCUT2D eigenvalue weighted by Crippen LogP contribution is 2.48. The molecule has 1 aromatic rings. The van der Waals surface area contributed by atoms with E-state index in [1.807, 2.05) is 11.8 Å². The molecule has 0 saturated heterocycles. The molecule has 164 valence electrons. The summed E-state index contributed by atoms with van der Waals surface area (Å²) in [7, 11) is 0. The van der Waals surface area contributed by atoms with Gasteiger partial charge in [0, 0.05) is 29.4 Å². The first-order chi connectivity index (χ1) is 14.4. The van der Waals surface area contributed by atoms with Gasteiger partial charge in [0.05, 0.1) is 5.75 Å². The Bertz CT molecular complexity index is 822. The van der Waals surface area contributed by atoms with Crippen molar-refractivity contribution < 1.29 is 4.58 Å². The van der Waals surface area contributed by atoms with Crippen LogP contribution in [0, 0.1) is 17.8 Å². The lowest BCUT2D eigenvalue weighted by Crippen LogP contribution is -2.29. The summed E-state index contributed by atoms with van der Waals surface area (Å²) >= 11 is 2.03. The Morgan fingerprint density at radius 2 is 2.00 bits per heavy atom. The third kappa shape index (κ3) is 4.11. The summed E-state index contributed by atoms with van der Waals surface area (Å²) < 4.78 is 2.54. The molecule has 0 N–H and O–H groups in total. The Morgan fingerprint density at radius 3 is 2.80 bits per heavy atom. The van der Waals surface area contributed by atoms with E-state index in [2.05, 4.69) is 74.4 Å². The number of para-hydroxylation sites is 1. The maximum absolute atomic E-state index is 2.66. The van der Waals surface area contributed by atoms with E-state index in [9.17, 15) is 0 Å². The van der Waals surface area contributed by atoms with Crippen molar-refractivity contribution in [2.75, 3.05) is 30.3 Å². The summed E-state index contributed by atoms with van der Waals surface area (Å²) in [6.07, 6.45) is 9.50. The fourth-order valence-electron chi connectivity index (χ4n) is 5.98. The van der Waals surface area contributed by atoms with Crippen LogP contribution in [0.3, 0.4) is 0 Å². The second-order valence-corrected chi connectivity index (χ2v) is 11.4. The molecule has 3 atom stereocenters. The second kappa shape index (κ2) is 9.10. The van der Waals surface area contributed by atoms with Gasteiger partial charge in [0.1, 0.15) is 6.54 Å². The number of fused-ring (bicyclic) bond motifs is 1. The van der Waals surface area contributed by atoms with Crippen molar-refractivity contribution in [3.8, 4) is 0 Å². The highest BCUT2D eigenvalue weighted by atomic mass is 32.2. The second-order valence-electron chi connectivity index (χ2n) is 10.3. The third-order valence-corrected chi connectivity index (χ3v) is 9.25. The summed E-state index contributed by atoms with van der Waals surface area (Å²) in [6, 6.07) is 9.11. The maximum atomic E-state index is 2.66. The standard InChI is InChI=1S/C27H41N2S/c1-6-28-17-18-30-26(28)19-25-27(4,5)23-14-7-8-15-24(23)29(25)16-10-13-22-12-9-11-20(2)21(22)3/h7-8,14-15,19-22H,6,9-13,16-18H2,1-5H3/q+1. The van der Waals surface area contributed by atoms with E-state index in [-0.39, 0.29) is 5.41 Å². The van der Waals surface area contributed by atoms with Crippen molar-refractivity contribution in [2.45, 2.75) is 72.1 Å². The number of allylic oxidation sites excluding steroid dienone is 1. The predicted octanol–water partition coefficient (Wildman–Crippen LogP) is 6.70. The lowest BCUT2D eigenvalue weighted by atomic mass is 9.72. The number of hydrogen-bond acceptors (Lipinski definition) is 2. The largest absolute Gasteiger partial charge is 0.344 e. The molecule has 1 saturated carbocycles. The fraction of sp³-hybridized carbons (Fsp3) is 0.667. The van der Waals surface area contributed by atoms with Gasteiger partial charge in [-0.25, -0.2) is 4.58 Å². The zero-order valence-corrected chi connectivity index (χ0v) is 20.6. The van der Waals surface area contributed by atoms with Crippen LogP contribution in [-0.2, 0) is 5.41 Å². The Balaban J connectivity index is 1.57. The van der Waals surface area contributed by atoms with E-state index in [4.69, 9.17) is 0 Å². The van der Waals surface area contributed by atoms with Crippen molar-refractivity contribution in [3.05, 3.63) is 41.6 Å². The first kappa shape index (κ1) is 22.0. The fourth-order valence-corrected chi connectivity index (χ4v) is 7.10. The summed E-state index contributed by atoms with van der Waals surface area (Å²) in [5.74, 6) is 3.93. The lowest BCUT2D eigenvalue weighted by molar-refractivity contribution is -0.513. The highest BCUT2D eigenvalue weighted by molar-refractivity contribution is 8.14. The normalized spacial score (nSPS) is 29.7. The molecular formula is C27H41N2S+. The van der Waals surface area contributed by atoms with Crippen molar-refractivity contribution in [2.24, 2.45) is 17.8 Å². The average Bonchev–Trinajstić information content (AvgIpc) is 3.27. The molecule has 30 heavy (non-hydrogen) atoms. The van der Waals surface area contributed by atoms with Gasteiger partial charge < -0.3 is 4.90 Å². The van der Waals surface area contributed by atoms with Gasteiger partial charge in [0.2, 0.25) is 5.04 Å². The van der Waals surface area contributed by atoms with Crippen LogP contribution in [0.5, 0.6) is 0 Å². The Labute approximate surface area is 188 Å². The lowest BCUT2D eigenvalue weighted by Gasteiger charge is -2.35. The monoisotopic (exact) mass is 425 g/mol. The van der Waals surface area contributed by atoms with Crippen molar-refractivity contribution in [3.63, 3.8) is 0 Å². The van der Waals surface area contributed by atoms with Gasteiger partial charge in [0.15, 0.2) is 6.54 Å². The number of thioether (sulfide) groups is 1. The van der Waals surface area contributed by atoms with Gasteiger partial charge in [-0.3, -0.25) is 0 Å². The summed E-state index contributed by atoms with van der Waals surface area (Å²) in [4.78, 5) is 2.66. The molecular weight excluding hydrogens is 384 g/mol. The number of rotatable bonds is 6. The summed E-state index contributed by atoms with van der Waals surface area (Å²) in [5.41, 5.74) is 4.49. The molecule has 2 aliphatic heterocycles. The van der Waals surface area contributed by atoms with Crippen LogP contribution in [0.1, 0.15) is 72.3 Å². The molecule has 1 fully saturated rings. The van der Waals surface area contributed by atoms with Crippen LogP contribution in [0.15, 0.2) is 36.0 Å². The first-order valence-corrected chi connectivity index (χ1v) is 13.3. The molecule has 3 unspecified atom stereocenters. The van der Waals surface area contributed by atoms with Crippen molar-refractivity contribution in [1.29, 1.82) is 0 Å². The molecule has 0 aromatic heterocycles. The van der Waals surface area contributed by atoms with Gasteiger partial charge >= 0.3 is 0 Å². The SMILES string of the molecule is CC[N+]1=C(C=C2N(CCCC3CCCC(C)C3C)c3ccccc3C2(C)C)SCC1. The maximum Gasteiger partial charge on any atom is 0.236 e. The Hall–Kier alpha value is -1.22. The number of hydrogen-bond donors (Lipinski definition) is 0. The van der Waals surface area contributed by atoms with Gasteiger partial charge in [-0.15, -0.1) is 0 Å². The van der Waals surface area contributed by atoms with E-state index >= 15 is 0 Å². The minimum absolute atomic E-state index is 0.0683. The minimum Gasteiger partial charge on any atom is -0.344 e. The molecule has 0 spiro atoms. The molecule has 3 heteroatoms. The first-order valence-electron chi connectivity index (χ1n) is 12.3. The van der Waals surface area contributed by atoms with Gasteiger partial charge in [-0.1, -0.05) is 76.9 Å². The molecule has 0 amide bonds. The van der Waals surface area contributed by atoms with Crippen LogP contribution in [0.25, 0.3) is 0 Å². The minimum atomic E-state index is 0.0683. The zero-order chi connectivity index (χ0) is 21.3. The Morgan fingerprint density at radius 1 is 1.20 bits per heavy atom. The van der Waals surface area contributed by atoms with Crippen molar-refractivity contribution in [1.82, 2.24) is 0 Å². The van der Waals surface area contributed by atoms with E-state index in [0.717, 1.165) is 30.8 Å². The number of anilines is 1. The van der Waals surface area contributed by atoms with E-state index in [0.29, 0.717) is 0 Å². The van der Waals surface area contributed by atoms with Crippen molar-refractivity contribution >= 4 is 22.5 Å². The predicted molar refractivity (Wildman–Crippen MR) is 133 cm³/mol. The Kier molecular flexibility index (Phi) is 6.67. The molecule has 1 aliphatic carbocycles. The van der Waals surface area contributed by atoms with Gasteiger partial charge in [0.25, 0.3) is 0 Å². The van der Waals surface area contributed by atoms with Crippen LogP contribution in [-0.4, -0.2) is 35.0 Å². The van der Waals surface area contributed by atoms with E-state index < -0.39 is 0 Å². The molecule has 0 radical (unpaired) electrons. The van der Waals surface area contributed by atoms with Crippen LogP contribution in [0.4, 0.5) is 5.69 Å². The van der Waals surface area contributed by atoms with Gasteiger partial charge in [-0.05, 0) is 49.1 Å². The third-order valence-electron chi connectivity index (χ3n) is 8.20. The molecule has 4 rings (SSSR count). The molecule has 3 aliphatic rings. The molecule has 1 aromatic carbocycles. The smallest absolute Gasteiger partial charge is 0.236 e. The van der Waals surface area contributed by atoms with E-state index in [1.165, 1.54) is 66.4 Å². The zero-order valence-electron chi connectivity index (χ0n) is 19.8. The number of nitrogens with zero attached hydrogens (tertiary/aromatic N) is 2. The summed E-state index contributed by atoms with van der Waals surface area (Å²) in [5, 5.41) is 1.47. The van der Waals surface area contributed by atoms with Crippen LogP contribution < -0.4 is 4.90 Å². The summed E-state index contributed by atoms with van der Waals surface area (Å²) in [6.45, 7) is 15.5. The molecule has 2 heterocycles.